The molecule has 0 spiro atoms. The lowest BCUT2D eigenvalue weighted by atomic mass is 9.94. The number of imidazole rings is 1. The molecule has 3 aromatic rings. The lowest BCUT2D eigenvalue weighted by Crippen LogP contribution is -2.31. The highest BCUT2D eigenvalue weighted by molar-refractivity contribution is 9.10. The molecule has 1 amide bonds. The highest BCUT2D eigenvalue weighted by Gasteiger charge is 2.45. The lowest BCUT2D eigenvalue weighted by Gasteiger charge is -2.25. The molecule has 0 unspecified atom stereocenters. The first-order chi connectivity index (χ1) is 15.0. The van der Waals surface area contributed by atoms with Crippen LogP contribution in [0.1, 0.15) is 29.2 Å². The second kappa shape index (κ2) is 8.89. The van der Waals surface area contributed by atoms with E-state index >= 15 is 0 Å². The van der Waals surface area contributed by atoms with Crippen LogP contribution < -0.4 is 0 Å². The molecule has 2 heterocycles. The Bertz CT molecular complexity index is 1120. The fraction of sp³-hybridized carbons (Fsp3) is 0.208. The number of hydrogen-bond acceptors (Lipinski definition) is 4. The number of ketones is 1. The summed E-state index contributed by atoms with van der Waals surface area (Å²) in [5.41, 5.74) is 2.50. The first kappa shape index (κ1) is 21.1. The molecule has 1 aliphatic heterocycles. The van der Waals surface area contributed by atoms with Crippen LogP contribution in [-0.2, 0) is 16.1 Å². The SMILES string of the molecule is Cc1ccc([C@@H]2C(=C(O)c3ccc(Br)cc3)C(=O)C(=O)N2CCCn2ccnc2)cc1. The summed E-state index contributed by atoms with van der Waals surface area (Å²) in [6.45, 7) is 3.04. The summed E-state index contributed by atoms with van der Waals surface area (Å²) in [5.74, 6) is -1.41. The van der Waals surface area contributed by atoms with E-state index in [1.165, 1.54) is 0 Å². The predicted octanol–water partition coefficient (Wildman–Crippen LogP) is 4.47. The maximum atomic E-state index is 13.0. The Hall–Kier alpha value is -3.19. The van der Waals surface area contributed by atoms with Crippen LogP contribution in [0.2, 0.25) is 0 Å². The summed E-state index contributed by atoms with van der Waals surface area (Å²) in [6, 6.07) is 14.1. The second-order valence-corrected chi connectivity index (χ2v) is 8.48. The molecule has 6 nitrogen and oxygen atoms in total. The number of Topliss-reactive ketones (excluding diaryl/α,β-unsaturated/α-hetero) is 1. The van der Waals surface area contributed by atoms with Crippen molar-refractivity contribution in [1.29, 1.82) is 0 Å². The average Bonchev–Trinajstić information content (AvgIpc) is 3.37. The smallest absolute Gasteiger partial charge is 0.295 e. The van der Waals surface area contributed by atoms with Gasteiger partial charge >= 0.3 is 0 Å². The topological polar surface area (TPSA) is 75.4 Å². The third-order valence-electron chi connectivity index (χ3n) is 5.43. The molecule has 1 atom stereocenters. The van der Waals surface area contributed by atoms with Crippen LogP contribution in [0.25, 0.3) is 5.76 Å². The van der Waals surface area contributed by atoms with Crippen LogP contribution in [0.15, 0.2) is 77.3 Å². The van der Waals surface area contributed by atoms with Crippen molar-refractivity contribution in [3.8, 4) is 0 Å². The van der Waals surface area contributed by atoms with E-state index in [1.54, 1.807) is 41.7 Å². The Labute approximate surface area is 189 Å². The number of amides is 1. The van der Waals surface area contributed by atoms with E-state index in [9.17, 15) is 14.7 Å². The molecule has 1 aromatic heterocycles. The van der Waals surface area contributed by atoms with Gasteiger partial charge in [0.05, 0.1) is 17.9 Å². The molecule has 31 heavy (non-hydrogen) atoms. The minimum absolute atomic E-state index is 0.124. The van der Waals surface area contributed by atoms with Gasteiger partial charge in [-0.1, -0.05) is 57.9 Å². The molecule has 0 aliphatic carbocycles. The number of nitrogens with zero attached hydrogens (tertiary/aromatic N) is 3. The summed E-state index contributed by atoms with van der Waals surface area (Å²) in [5, 5.41) is 11.0. The molecule has 0 saturated carbocycles. The molecule has 1 N–H and O–H groups in total. The number of carbonyl (C=O) groups excluding carboxylic acids is 2. The number of aryl methyl sites for hydroxylation is 2. The highest BCUT2D eigenvalue weighted by Crippen LogP contribution is 2.39. The number of aliphatic hydroxyl groups excluding tert-OH is 1. The fourth-order valence-electron chi connectivity index (χ4n) is 3.81. The van der Waals surface area contributed by atoms with Crippen LogP contribution in [0.4, 0.5) is 0 Å². The van der Waals surface area contributed by atoms with Crippen molar-refractivity contribution in [2.45, 2.75) is 25.9 Å². The zero-order valence-corrected chi connectivity index (χ0v) is 18.6. The molecule has 1 aliphatic rings. The molecule has 1 fully saturated rings. The molecule has 7 heteroatoms. The first-order valence-corrected chi connectivity index (χ1v) is 10.8. The summed E-state index contributed by atoms with van der Waals surface area (Å²) in [7, 11) is 0. The van der Waals surface area contributed by atoms with Gasteiger partial charge in [0.1, 0.15) is 5.76 Å². The Morgan fingerprint density at radius 1 is 1.06 bits per heavy atom. The quantitative estimate of drug-likeness (QED) is 0.321. The summed E-state index contributed by atoms with van der Waals surface area (Å²) in [6.07, 6.45) is 5.94. The summed E-state index contributed by atoms with van der Waals surface area (Å²) < 4.78 is 2.79. The third-order valence-corrected chi connectivity index (χ3v) is 5.95. The maximum absolute atomic E-state index is 13.0. The number of carbonyl (C=O) groups is 2. The molecule has 2 aromatic carbocycles. The number of hydrogen-bond donors (Lipinski definition) is 1. The highest BCUT2D eigenvalue weighted by atomic mass is 79.9. The van der Waals surface area contributed by atoms with Crippen molar-refractivity contribution in [3.05, 3.63) is 94.0 Å². The van der Waals surface area contributed by atoms with Gasteiger partial charge < -0.3 is 14.6 Å². The molecule has 158 valence electrons. The maximum Gasteiger partial charge on any atom is 0.295 e. The molecular weight excluding hydrogens is 458 g/mol. The van der Waals surface area contributed by atoms with Gasteiger partial charge in [-0.05, 0) is 31.0 Å². The number of halogens is 1. The minimum atomic E-state index is -0.659. The van der Waals surface area contributed by atoms with E-state index in [2.05, 4.69) is 20.9 Å². The van der Waals surface area contributed by atoms with E-state index < -0.39 is 17.7 Å². The molecule has 0 radical (unpaired) electrons. The van der Waals surface area contributed by atoms with Gasteiger partial charge in [0, 0.05) is 35.5 Å². The van der Waals surface area contributed by atoms with E-state index in [0.717, 1.165) is 15.6 Å². The van der Waals surface area contributed by atoms with Crippen molar-refractivity contribution in [3.63, 3.8) is 0 Å². The fourth-order valence-corrected chi connectivity index (χ4v) is 4.08. The summed E-state index contributed by atoms with van der Waals surface area (Å²) in [4.78, 5) is 31.6. The zero-order valence-electron chi connectivity index (χ0n) is 17.0. The van der Waals surface area contributed by atoms with Gasteiger partial charge in [0.15, 0.2) is 0 Å². The zero-order chi connectivity index (χ0) is 22.0. The number of aliphatic hydroxyl groups is 1. The van der Waals surface area contributed by atoms with Crippen molar-refractivity contribution in [1.82, 2.24) is 14.5 Å². The number of aromatic nitrogens is 2. The van der Waals surface area contributed by atoms with Gasteiger partial charge in [-0.25, -0.2) is 4.98 Å². The van der Waals surface area contributed by atoms with Crippen LogP contribution in [-0.4, -0.2) is 37.8 Å². The normalized spacial score (nSPS) is 18.0. The Morgan fingerprint density at radius 2 is 1.77 bits per heavy atom. The van der Waals surface area contributed by atoms with E-state index in [-0.39, 0.29) is 11.3 Å². The van der Waals surface area contributed by atoms with E-state index in [1.807, 2.05) is 42.0 Å². The molecular formula is C24H22BrN3O3. The van der Waals surface area contributed by atoms with Crippen molar-refractivity contribution in [2.75, 3.05) is 6.54 Å². The standard InChI is InChI=1S/C24H22BrN3O3/c1-16-3-5-17(6-4-16)21-20(22(29)18-7-9-19(25)10-8-18)23(30)24(31)28(21)13-2-12-27-14-11-26-15-27/h3-11,14-15,21,29H,2,12-13H2,1H3/t21-/m1/s1. The second-order valence-electron chi connectivity index (χ2n) is 7.56. The average molecular weight is 480 g/mol. The van der Waals surface area contributed by atoms with E-state index in [4.69, 9.17) is 0 Å². The van der Waals surface area contributed by atoms with Gasteiger partial charge in [0.2, 0.25) is 0 Å². The van der Waals surface area contributed by atoms with Gasteiger partial charge in [0.25, 0.3) is 11.7 Å². The van der Waals surface area contributed by atoms with E-state index in [0.29, 0.717) is 25.1 Å². The number of likely N-dealkylation sites (tertiary alicyclic amines) is 1. The molecule has 4 rings (SSSR count). The van der Waals surface area contributed by atoms with Crippen molar-refractivity contribution in [2.24, 2.45) is 0 Å². The van der Waals surface area contributed by atoms with Crippen molar-refractivity contribution < 1.29 is 14.7 Å². The predicted molar refractivity (Wildman–Crippen MR) is 121 cm³/mol. The largest absolute Gasteiger partial charge is 0.507 e. The lowest BCUT2D eigenvalue weighted by molar-refractivity contribution is -0.139. The van der Waals surface area contributed by atoms with Crippen molar-refractivity contribution >= 4 is 33.4 Å². The van der Waals surface area contributed by atoms with Gasteiger partial charge in [-0.2, -0.15) is 0 Å². The monoisotopic (exact) mass is 479 g/mol. The summed E-state index contributed by atoms with van der Waals surface area (Å²) >= 11 is 3.38. The van der Waals surface area contributed by atoms with Crippen LogP contribution >= 0.6 is 15.9 Å². The van der Waals surface area contributed by atoms with Crippen LogP contribution in [0.5, 0.6) is 0 Å². The number of benzene rings is 2. The molecule has 0 bridgehead atoms. The molecule has 1 saturated heterocycles. The van der Waals surface area contributed by atoms with Crippen LogP contribution in [0.3, 0.4) is 0 Å². The third kappa shape index (κ3) is 4.32. The minimum Gasteiger partial charge on any atom is -0.507 e. The van der Waals surface area contributed by atoms with Gasteiger partial charge in [-0.15, -0.1) is 0 Å². The van der Waals surface area contributed by atoms with Gasteiger partial charge in [-0.3, -0.25) is 9.59 Å². The Balaban J connectivity index is 1.72. The Morgan fingerprint density at radius 3 is 2.42 bits per heavy atom. The first-order valence-electron chi connectivity index (χ1n) is 10.0. The number of rotatable bonds is 6. The Kier molecular flexibility index (Phi) is 6.04. The van der Waals surface area contributed by atoms with Crippen LogP contribution in [0, 0.1) is 6.92 Å².